The first-order valence-corrected chi connectivity index (χ1v) is 7.05. The molecule has 2 heteroatoms. The molecule has 0 heterocycles. The van der Waals surface area contributed by atoms with Crippen LogP contribution in [-0.2, 0) is 6.54 Å². The van der Waals surface area contributed by atoms with E-state index in [1.807, 2.05) is 12.1 Å². The van der Waals surface area contributed by atoms with E-state index in [2.05, 4.69) is 31.3 Å². The highest BCUT2D eigenvalue weighted by molar-refractivity contribution is 5.27. The molecule has 0 saturated heterocycles. The molecule has 1 aliphatic rings. The van der Waals surface area contributed by atoms with Crippen LogP contribution in [0, 0.1) is 11.8 Å². The molecule has 1 N–H and O–H groups in total. The van der Waals surface area contributed by atoms with Gasteiger partial charge in [-0.15, -0.1) is 0 Å². The molecule has 2 rings (SSSR count). The van der Waals surface area contributed by atoms with Crippen LogP contribution in [0.25, 0.3) is 0 Å². The monoisotopic (exact) mass is 247 g/mol. The highest BCUT2D eigenvalue weighted by atomic mass is 16.5. The number of hydrogen-bond donors (Lipinski definition) is 1. The summed E-state index contributed by atoms with van der Waals surface area (Å²) in [6.07, 6.45) is 4.05. The SMILES string of the molecule is COc1ccc(CNC2CCC(C)CC2C)cc1. The predicted molar refractivity (Wildman–Crippen MR) is 75.8 cm³/mol. The molecule has 0 radical (unpaired) electrons. The standard InChI is InChI=1S/C16H25NO/c1-12-4-9-16(13(2)10-12)17-11-14-5-7-15(18-3)8-6-14/h5-8,12-13,16-17H,4,9-11H2,1-3H3. The molecule has 100 valence electrons. The third-order valence-electron chi connectivity index (χ3n) is 4.16. The molecule has 0 aromatic heterocycles. The Morgan fingerprint density at radius 3 is 2.50 bits per heavy atom. The molecule has 0 spiro atoms. The predicted octanol–water partition coefficient (Wildman–Crippen LogP) is 3.61. The van der Waals surface area contributed by atoms with Crippen LogP contribution in [0.4, 0.5) is 0 Å². The third kappa shape index (κ3) is 3.49. The third-order valence-corrected chi connectivity index (χ3v) is 4.16. The summed E-state index contributed by atoms with van der Waals surface area (Å²) in [5.74, 6) is 2.63. The lowest BCUT2D eigenvalue weighted by Gasteiger charge is -2.33. The van der Waals surface area contributed by atoms with E-state index in [0.29, 0.717) is 6.04 Å². The molecule has 1 saturated carbocycles. The molecule has 3 unspecified atom stereocenters. The average molecular weight is 247 g/mol. The fourth-order valence-corrected chi connectivity index (χ4v) is 2.96. The van der Waals surface area contributed by atoms with Crippen LogP contribution < -0.4 is 10.1 Å². The first-order chi connectivity index (χ1) is 8.69. The van der Waals surface area contributed by atoms with Crippen molar-refractivity contribution in [3.8, 4) is 5.75 Å². The van der Waals surface area contributed by atoms with Crippen molar-refractivity contribution in [2.24, 2.45) is 11.8 Å². The number of methoxy groups -OCH3 is 1. The largest absolute Gasteiger partial charge is 0.497 e. The van der Waals surface area contributed by atoms with Crippen LogP contribution in [0.1, 0.15) is 38.7 Å². The summed E-state index contributed by atoms with van der Waals surface area (Å²) in [5.41, 5.74) is 1.33. The van der Waals surface area contributed by atoms with Crippen LogP contribution in [0.5, 0.6) is 5.75 Å². The minimum atomic E-state index is 0.684. The lowest BCUT2D eigenvalue weighted by molar-refractivity contribution is 0.227. The van der Waals surface area contributed by atoms with Gasteiger partial charge in [-0.05, 0) is 48.8 Å². The lowest BCUT2D eigenvalue weighted by atomic mass is 9.80. The van der Waals surface area contributed by atoms with Gasteiger partial charge in [0.15, 0.2) is 0 Å². The molecule has 0 aliphatic heterocycles. The van der Waals surface area contributed by atoms with Gasteiger partial charge in [-0.2, -0.15) is 0 Å². The molecule has 18 heavy (non-hydrogen) atoms. The van der Waals surface area contributed by atoms with Crippen LogP contribution in [0.2, 0.25) is 0 Å². The lowest BCUT2D eigenvalue weighted by Crippen LogP contribution is -2.38. The van der Waals surface area contributed by atoms with Crippen LogP contribution in [-0.4, -0.2) is 13.2 Å². The van der Waals surface area contributed by atoms with Gasteiger partial charge in [0.05, 0.1) is 7.11 Å². The summed E-state index contributed by atoms with van der Waals surface area (Å²) in [7, 11) is 1.71. The number of nitrogens with one attached hydrogen (secondary N) is 1. The van der Waals surface area contributed by atoms with Crippen molar-refractivity contribution in [2.45, 2.75) is 45.7 Å². The van der Waals surface area contributed by atoms with E-state index in [1.54, 1.807) is 7.11 Å². The van der Waals surface area contributed by atoms with E-state index in [9.17, 15) is 0 Å². The fourth-order valence-electron chi connectivity index (χ4n) is 2.96. The first-order valence-electron chi connectivity index (χ1n) is 7.05. The minimum absolute atomic E-state index is 0.684. The molecule has 3 atom stereocenters. The normalized spacial score (nSPS) is 28.1. The number of hydrogen-bond acceptors (Lipinski definition) is 2. The van der Waals surface area contributed by atoms with E-state index in [-0.39, 0.29) is 0 Å². The minimum Gasteiger partial charge on any atom is -0.497 e. The zero-order chi connectivity index (χ0) is 13.0. The summed E-state index contributed by atoms with van der Waals surface area (Å²) in [6, 6.07) is 9.03. The second-order valence-corrected chi connectivity index (χ2v) is 5.73. The molecule has 1 aliphatic carbocycles. The second kappa shape index (κ2) is 6.24. The number of benzene rings is 1. The Kier molecular flexibility index (Phi) is 4.65. The summed E-state index contributed by atoms with van der Waals surface area (Å²) in [6.45, 7) is 5.71. The maximum absolute atomic E-state index is 5.17. The smallest absolute Gasteiger partial charge is 0.118 e. The van der Waals surface area contributed by atoms with E-state index in [4.69, 9.17) is 4.74 Å². The maximum atomic E-state index is 5.17. The van der Waals surface area contributed by atoms with Gasteiger partial charge in [0.2, 0.25) is 0 Å². The molecular formula is C16H25NO. The average Bonchev–Trinajstić information content (AvgIpc) is 2.38. The molecule has 2 nitrogen and oxygen atoms in total. The Morgan fingerprint density at radius 1 is 1.17 bits per heavy atom. The molecule has 1 aromatic carbocycles. The summed E-state index contributed by atoms with van der Waals surface area (Å²) < 4.78 is 5.17. The number of ether oxygens (including phenoxy) is 1. The van der Waals surface area contributed by atoms with Gasteiger partial charge in [-0.25, -0.2) is 0 Å². The Bertz CT molecular complexity index is 360. The zero-order valence-electron chi connectivity index (χ0n) is 11.8. The number of rotatable bonds is 4. The first kappa shape index (κ1) is 13.4. The van der Waals surface area contributed by atoms with Gasteiger partial charge < -0.3 is 10.1 Å². The van der Waals surface area contributed by atoms with Gasteiger partial charge in [0.1, 0.15) is 5.75 Å². The van der Waals surface area contributed by atoms with Crippen molar-refractivity contribution in [1.29, 1.82) is 0 Å². The maximum Gasteiger partial charge on any atom is 0.118 e. The second-order valence-electron chi connectivity index (χ2n) is 5.73. The summed E-state index contributed by atoms with van der Waals surface area (Å²) in [4.78, 5) is 0. The van der Waals surface area contributed by atoms with E-state index < -0.39 is 0 Å². The Morgan fingerprint density at radius 2 is 1.89 bits per heavy atom. The molecule has 1 aromatic rings. The van der Waals surface area contributed by atoms with Crippen LogP contribution >= 0.6 is 0 Å². The summed E-state index contributed by atoms with van der Waals surface area (Å²) >= 11 is 0. The van der Waals surface area contributed by atoms with Gasteiger partial charge in [0.25, 0.3) is 0 Å². The van der Waals surface area contributed by atoms with Crippen molar-refractivity contribution < 1.29 is 4.74 Å². The van der Waals surface area contributed by atoms with Gasteiger partial charge in [-0.3, -0.25) is 0 Å². The highest BCUT2D eigenvalue weighted by Crippen LogP contribution is 2.28. The Hall–Kier alpha value is -1.02. The van der Waals surface area contributed by atoms with Crippen molar-refractivity contribution in [3.63, 3.8) is 0 Å². The van der Waals surface area contributed by atoms with Gasteiger partial charge >= 0.3 is 0 Å². The fraction of sp³-hybridized carbons (Fsp3) is 0.625. The van der Waals surface area contributed by atoms with Crippen molar-refractivity contribution >= 4 is 0 Å². The van der Waals surface area contributed by atoms with Gasteiger partial charge in [-0.1, -0.05) is 26.0 Å². The summed E-state index contributed by atoms with van der Waals surface area (Å²) in [5, 5.41) is 3.70. The van der Waals surface area contributed by atoms with Crippen LogP contribution in [0.15, 0.2) is 24.3 Å². The molecule has 1 fully saturated rings. The van der Waals surface area contributed by atoms with Crippen molar-refractivity contribution in [2.75, 3.05) is 7.11 Å². The topological polar surface area (TPSA) is 21.3 Å². The van der Waals surface area contributed by atoms with Crippen molar-refractivity contribution in [1.82, 2.24) is 5.32 Å². The highest BCUT2D eigenvalue weighted by Gasteiger charge is 2.24. The molecule has 0 amide bonds. The Balaban J connectivity index is 1.83. The van der Waals surface area contributed by atoms with E-state index >= 15 is 0 Å². The molecular weight excluding hydrogens is 222 g/mol. The zero-order valence-corrected chi connectivity index (χ0v) is 11.8. The van der Waals surface area contributed by atoms with E-state index in [0.717, 1.165) is 24.1 Å². The van der Waals surface area contributed by atoms with Crippen LogP contribution in [0.3, 0.4) is 0 Å². The Labute approximate surface area is 111 Å². The molecule has 0 bridgehead atoms. The quantitative estimate of drug-likeness (QED) is 0.877. The van der Waals surface area contributed by atoms with Crippen molar-refractivity contribution in [3.05, 3.63) is 29.8 Å². The van der Waals surface area contributed by atoms with Gasteiger partial charge in [0, 0.05) is 12.6 Å². The van der Waals surface area contributed by atoms with E-state index in [1.165, 1.54) is 24.8 Å².